The Hall–Kier alpha value is -1.84. The van der Waals surface area contributed by atoms with Crippen LogP contribution in [0.25, 0.3) is 0 Å². The summed E-state index contributed by atoms with van der Waals surface area (Å²) in [5, 5.41) is 5.33. The van der Waals surface area contributed by atoms with E-state index in [0.717, 1.165) is 18.5 Å². The van der Waals surface area contributed by atoms with E-state index in [1.54, 1.807) is 30.7 Å². The third kappa shape index (κ3) is 11.7. The van der Waals surface area contributed by atoms with Gasteiger partial charge in [-0.2, -0.15) is 0 Å². The molecule has 26 heavy (non-hydrogen) atoms. The maximum atomic E-state index is 11.9. The number of amides is 2. The molecule has 0 unspecified atom stereocenters. The molecule has 1 rings (SSSR count). The zero-order valence-corrected chi connectivity index (χ0v) is 16.3. The third-order valence-corrected chi connectivity index (χ3v) is 4.62. The lowest BCUT2D eigenvalue weighted by Gasteiger charge is -2.06. The van der Waals surface area contributed by atoms with E-state index in [1.807, 2.05) is 0 Å². The van der Waals surface area contributed by atoms with Crippen LogP contribution >= 0.6 is 0 Å². The summed E-state index contributed by atoms with van der Waals surface area (Å²) in [6.45, 7) is 2.26. The molecule has 4 heteroatoms. The van der Waals surface area contributed by atoms with Crippen molar-refractivity contribution >= 4 is 23.7 Å². The first-order chi connectivity index (χ1) is 12.8. The molecule has 145 valence electrons. The van der Waals surface area contributed by atoms with E-state index in [4.69, 9.17) is 0 Å². The smallest absolute Gasteiger partial charge is 0.314 e. The third-order valence-electron chi connectivity index (χ3n) is 4.62. The maximum Gasteiger partial charge on any atom is 0.314 e. The number of rotatable bonds is 16. The maximum absolute atomic E-state index is 11.9. The number of carbonyl (C=O) groups excluding carboxylic acids is 2. The molecule has 0 aliphatic rings. The quantitative estimate of drug-likeness (QED) is 0.273. The zero-order chi connectivity index (χ0) is 18.9. The summed E-state index contributed by atoms with van der Waals surface area (Å²) in [4.78, 5) is 22.1. The normalized spacial score (nSPS) is 10.5. The predicted molar refractivity (Wildman–Crippen MR) is 110 cm³/mol. The average Bonchev–Trinajstić information content (AvgIpc) is 2.64. The lowest BCUT2D eigenvalue weighted by molar-refractivity contribution is -0.116. The van der Waals surface area contributed by atoms with Gasteiger partial charge in [-0.15, -0.1) is 0 Å². The lowest BCUT2D eigenvalue weighted by Crippen LogP contribution is -2.11. The Morgan fingerprint density at radius 1 is 0.769 bits per heavy atom. The van der Waals surface area contributed by atoms with E-state index in [2.05, 4.69) is 17.6 Å². The fraction of sp³-hybridized carbons (Fsp3) is 0.636. The van der Waals surface area contributed by atoms with Crippen LogP contribution in [0, 0.1) is 0 Å². The van der Waals surface area contributed by atoms with Gasteiger partial charge in [0.1, 0.15) is 0 Å². The summed E-state index contributed by atoms with van der Waals surface area (Å²) in [5.41, 5.74) is 1.42. The highest BCUT2D eigenvalue weighted by Crippen LogP contribution is 2.15. The summed E-state index contributed by atoms with van der Waals surface area (Å²) >= 11 is 0. The van der Waals surface area contributed by atoms with Crippen molar-refractivity contribution in [3.63, 3.8) is 0 Å². The number of benzene rings is 1. The van der Waals surface area contributed by atoms with Gasteiger partial charge in [-0.05, 0) is 30.7 Å². The Kier molecular flexibility index (Phi) is 13.2. The van der Waals surface area contributed by atoms with Crippen molar-refractivity contribution in [2.75, 3.05) is 10.6 Å². The van der Waals surface area contributed by atoms with Gasteiger partial charge >= 0.3 is 6.41 Å². The Morgan fingerprint density at radius 2 is 1.23 bits per heavy atom. The molecule has 1 aromatic rings. The average molecular weight is 360 g/mol. The van der Waals surface area contributed by atoms with Gasteiger partial charge in [0.2, 0.25) is 5.91 Å². The Morgan fingerprint density at radius 3 is 1.73 bits per heavy atom. The van der Waals surface area contributed by atoms with Gasteiger partial charge in [0, 0.05) is 17.8 Å². The van der Waals surface area contributed by atoms with E-state index >= 15 is 0 Å². The van der Waals surface area contributed by atoms with E-state index in [9.17, 15) is 9.59 Å². The summed E-state index contributed by atoms with van der Waals surface area (Å²) in [7, 11) is 0. The van der Waals surface area contributed by atoms with Crippen molar-refractivity contribution in [3.05, 3.63) is 24.3 Å². The van der Waals surface area contributed by atoms with Crippen molar-refractivity contribution in [2.24, 2.45) is 0 Å². The second-order valence-corrected chi connectivity index (χ2v) is 6.99. The molecule has 0 saturated heterocycles. The Bertz CT molecular complexity index is 485. The minimum Gasteiger partial charge on any atom is -0.326 e. The van der Waals surface area contributed by atoms with Gasteiger partial charge in [-0.25, -0.2) is 0 Å². The van der Waals surface area contributed by atoms with Crippen molar-refractivity contribution in [2.45, 2.75) is 90.4 Å². The molecule has 1 aromatic carbocycles. The van der Waals surface area contributed by atoms with Gasteiger partial charge in [0.15, 0.2) is 0 Å². The number of hydrogen-bond acceptors (Lipinski definition) is 2. The number of hydrogen-bond donors (Lipinski definition) is 2. The van der Waals surface area contributed by atoms with Gasteiger partial charge in [0.05, 0.1) is 0 Å². The van der Waals surface area contributed by atoms with Crippen LogP contribution in [0.1, 0.15) is 90.4 Å². The van der Waals surface area contributed by atoms with Crippen LogP contribution in [-0.2, 0) is 9.59 Å². The Labute approximate surface area is 159 Å². The van der Waals surface area contributed by atoms with Crippen LogP contribution in [0.5, 0.6) is 0 Å². The summed E-state index contributed by atoms with van der Waals surface area (Å²) in [6.07, 6.45) is 17.8. The van der Waals surface area contributed by atoms with Crippen LogP contribution in [0.2, 0.25) is 0 Å². The number of nitrogens with one attached hydrogen (secondary N) is 2. The minimum atomic E-state index is 0.0553. The van der Waals surface area contributed by atoms with Crippen LogP contribution in [-0.4, -0.2) is 12.3 Å². The molecule has 2 amide bonds. The van der Waals surface area contributed by atoms with E-state index in [1.165, 1.54) is 64.2 Å². The van der Waals surface area contributed by atoms with Crippen molar-refractivity contribution < 1.29 is 9.59 Å². The molecule has 0 fully saturated rings. The molecule has 2 N–H and O–H groups in total. The summed E-state index contributed by atoms with van der Waals surface area (Å²) in [6, 6.07) is 7.04. The molecule has 1 radical (unpaired) electrons. The van der Waals surface area contributed by atoms with Gasteiger partial charge < -0.3 is 10.6 Å². The molecule has 0 atom stereocenters. The molecule has 0 heterocycles. The van der Waals surface area contributed by atoms with Crippen molar-refractivity contribution in [1.29, 1.82) is 0 Å². The molecule has 0 bridgehead atoms. The molecule has 0 aliphatic heterocycles. The molecule has 0 aromatic heterocycles. The van der Waals surface area contributed by atoms with Crippen molar-refractivity contribution in [3.8, 4) is 0 Å². The Balaban J connectivity index is 1.94. The monoisotopic (exact) mass is 359 g/mol. The lowest BCUT2D eigenvalue weighted by atomic mass is 10.0. The number of carbonyl (C=O) groups is 1. The zero-order valence-electron chi connectivity index (χ0n) is 16.3. The molecule has 0 spiro atoms. The first kappa shape index (κ1) is 22.2. The molecular formula is C22H35N2O2. The van der Waals surface area contributed by atoms with Gasteiger partial charge in [-0.1, -0.05) is 77.6 Å². The fourth-order valence-electron chi connectivity index (χ4n) is 3.05. The highest BCUT2D eigenvalue weighted by atomic mass is 16.1. The summed E-state index contributed by atoms with van der Waals surface area (Å²) < 4.78 is 0. The standard InChI is InChI=1S/C22H35N2O2/c1-2-3-4-5-6-7-8-9-10-11-12-13-14-22(26)24-21-17-15-20(16-18-21)23-19-25/h15-18H,2-14H2,1H3,(H,23,25)(H,24,26). The SMILES string of the molecule is CCCCCCCCCCCCCCC(=O)Nc1ccc(N[C]=O)cc1. The molecule has 0 saturated carbocycles. The van der Waals surface area contributed by atoms with Crippen LogP contribution in [0.3, 0.4) is 0 Å². The number of anilines is 2. The highest BCUT2D eigenvalue weighted by molar-refractivity contribution is 5.91. The largest absolute Gasteiger partial charge is 0.326 e. The van der Waals surface area contributed by atoms with Gasteiger partial charge in [0.25, 0.3) is 0 Å². The van der Waals surface area contributed by atoms with Crippen LogP contribution < -0.4 is 10.6 Å². The second kappa shape index (κ2) is 15.4. The first-order valence-electron chi connectivity index (χ1n) is 10.3. The number of unbranched alkanes of at least 4 members (excludes halogenated alkanes) is 11. The predicted octanol–water partition coefficient (Wildman–Crippen LogP) is 6.20. The molecular weight excluding hydrogens is 324 g/mol. The van der Waals surface area contributed by atoms with Gasteiger partial charge in [-0.3, -0.25) is 9.59 Å². The van der Waals surface area contributed by atoms with Crippen LogP contribution in [0.15, 0.2) is 24.3 Å². The van der Waals surface area contributed by atoms with E-state index in [-0.39, 0.29) is 5.91 Å². The summed E-state index contributed by atoms with van der Waals surface area (Å²) in [5.74, 6) is 0.0553. The fourth-order valence-corrected chi connectivity index (χ4v) is 3.05. The van der Waals surface area contributed by atoms with Crippen LogP contribution in [0.4, 0.5) is 11.4 Å². The first-order valence-corrected chi connectivity index (χ1v) is 10.3. The molecule has 4 nitrogen and oxygen atoms in total. The highest BCUT2D eigenvalue weighted by Gasteiger charge is 2.02. The second-order valence-electron chi connectivity index (χ2n) is 6.99. The van der Waals surface area contributed by atoms with Crippen molar-refractivity contribution in [1.82, 2.24) is 0 Å². The minimum absolute atomic E-state index is 0.0553. The topological polar surface area (TPSA) is 58.2 Å². The molecule has 0 aliphatic carbocycles. The van der Waals surface area contributed by atoms with E-state index < -0.39 is 0 Å². The van der Waals surface area contributed by atoms with E-state index in [0.29, 0.717) is 12.1 Å².